The average molecular weight is 516 g/mol. The van der Waals surface area contributed by atoms with Gasteiger partial charge in [-0.2, -0.15) is 13.2 Å². The standard InChI is InChI=1S/C15H19F3N6OS.HI/c1-19-14(20-8-13-21-12(10-26-13)15(16,17)18)24-5-3-23(4-6-24)9-11-2-7-25-22-11;/h2,7,10H,3-6,8-9H2,1H3,(H,19,20);1H. The predicted octanol–water partition coefficient (Wildman–Crippen LogP) is 2.66. The predicted molar refractivity (Wildman–Crippen MR) is 106 cm³/mol. The molecule has 2 aromatic heterocycles. The number of aliphatic imine (C=N–C) groups is 1. The van der Waals surface area contributed by atoms with E-state index in [1.54, 1.807) is 13.3 Å². The highest BCUT2D eigenvalue weighted by Gasteiger charge is 2.33. The Morgan fingerprint density at radius 2 is 2.07 bits per heavy atom. The molecule has 7 nitrogen and oxygen atoms in total. The van der Waals surface area contributed by atoms with E-state index in [1.165, 1.54) is 0 Å². The Bertz CT molecular complexity index is 728. The van der Waals surface area contributed by atoms with E-state index < -0.39 is 11.9 Å². The quantitative estimate of drug-likeness (QED) is 0.383. The molecule has 1 aliphatic rings. The van der Waals surface area contributed by atoms with Crippen molar-refractivity contribution in [3.05, 3.63) is 34.1 Å². The Labute approximate surface area is 175 Å². The third-order valence-corrected chi connectivity index (χ3v) is 4.85. The van der Waals surface area contributed by atoms with Crippen LogP contribution in [0.4, 0.5) is 13.2 Å². The normalized spacial score (nSPS) is 16.3. The summed E-state index contributed by atoms with van der Waals surface area (Å²) in [6, 6.07) is 1.84. The van der Waals surface area contributed by atoms with Gasteiger partial charge < -0.3 is 14.7 Å². The largest absolute Gasteiger partial charge is 0.434 e. The third-order valence-electron chi connectivity index (χ3n) is 4.00. The Hall–Kier alpha value is -1.41. The van der Waals surface area contributed by atoms with Gasteiger partial charge >= 0.3 is 6.18 Å². The van der Waals surface area contributed by atoms with Crippen LogP contribution >= 0.6 is 35.3 Å². The lowest BCUT2D eigenvalue weighted by Crippen LogP contribution is -2.52. The van der Waals surface area contributed by atoms with Crippen molar-refractivity contribution < 1.29 is 17.7 Å². The van der Waals surface area contributed by atoms with Crippen LogP contribution in [0.15, 0.2) is 27.2 Å². The second-order valence-electron chi connectivity index (χ2n) is 5.78. The summed E-state index contributed by atoms with van der Waals surface area (Å²) >= 11 is 0.987. The lowest BCUT2D eigenvalue weighted by Gasteiger charge is -2.36. The second-order valence-corrected chi connectivity index (χ2v) is 6.72. The minimum absolute atomic E-state index is 0. The van der Waals surface area contributed by atoms with Crippen LogP contribution in [-0.4, -0.2) is 59.1 Å². The maximum atomic E-state index is 12.6. The van der Waals surface area contributed by atoms with E-state index in [0.29, 0.717) is 11.0 Å². The number of piperazine rings is 1. The molecule has 0 unspecified atom stereocenters. The highest BCUT2D eigenvalue weighted by molar-refractivity contribution is 14.0. The SMILES string of the molecule is CN=C(NCc1nc(C(F)(F)F)cs1)N1CCN(Cc2ccon2)CC1.I. The summed E-state index contributed by atoms with van der Waals surface area (Å²) in [7, 11) is 1.66. The van der Waals surface area contributed by atoms with Crippen molar-refractivity contribution >= 4 is 41.3 Å². The van der Waals surface area contributed by atoms with Gasteiger partial charge in [-0.3, -0.25) is 9.89 Å². The number of thiazole rings is 1. The fraction of sp³-hybridized carbons (Fsp3) is 0.533. The summed E-state index contributed by atoms with van der Waals surface area (Å²) in [4.78, 5) is 12.2. The Balaban J connectivity index is 0.00000261. The van der Waals surface area contributed by atoms with Gasteiger partial charge in [0.25, 0.3) is 0 Å². The van der Waals surface area contributed by atoms with Crippen molar-refractivity contribution in [2.24, 2.45) is 4.99 Å². The van der Waals surface area contributed by atoms with Gasteiger partial charge in [0.1, 0.15) is 11.3 Å². The number of rotatable bonds is 4. The number of nitrogens with zero attached hydrogens (tertiary/aromatic N) is 5. The smallest absolute Gasteiger partial charge is 0.364 e. The van der Waals surface area contributed by atoms with Crippen LogP contribution in [0.1, 0.15) is 16.4 Å². The number of hydrogen-bond donors (Lipinski definition) is 1. The molecule has 0 saturated carbocycles. The van der Waals surface area contributed by atoms with Gasteiger partial charge in [-0.1, -0.05) is 5.16 Å². The number of halogens is 4. The molecule has 150 valence electrons. The van der Waals surface area contributed by atoms with Crippen molar-refractivity contribution in [2.45, 2.75) is 19.3 Å². The summed E-state index contributed by atoms with van der Waals surface area (Å²) in [5.41, 5.74) is 0.0425. The van der Waals surface area contributed by atoms with E-state index >= 15 is 0 Å². The molecule has 3 heterocycles. The Morgan fingerprint density at radius 3 is 2.63 bits per heavy atom. The molecule has 12 heteroatoms. The van der Waals surface area contributed by atoms with Gasteiger partial charge in [-0.05, 0) is 0 Å². The summed E-state index contributed by atoms with van der Waals surface area (Å²) in [6.45, 7) is 4.15. The van der Waals surface area contributed by atoms with Crippen LogP contribution in [0, 0.1) is 0 Å². The van der Waals surface area contributed by atoms with Gasteiger partial charge in [0.2, 0.25) is 0 Å². The number of guanidine groups is 1. The summed E-state index contributed by atoms with van der Waals surface area (Å²) in [5, 5.41) is 8.41. The lowest BCUT2D eigenvalue weighted by atomic mass is 10.3. The van der Waals surface area contributed by atoms with Crippen molar-refractivity contribution in [1.29, 1.82) is 0 Å². The van der Waals surface area contributed by atoms with E-state index in [0.717, 1.165) is 55.1 Å². The van der Waals surface area contributed by atoms with E-state index in [-0.39, 0.29) is 30.5 Å². The Kier molecular flexibility index (Phi) is 7.85. The van der Waals surface area contributed by atoms with E-state index in [9.17, 15) is 13.2 Å². The molecule has 3 rings (SSSR count). The molecule has 1 saturated heterocycles. The van der Waals surface area contributed by atoms with E-state index in [2.05, 4.69) is 30.2 Å². The molecule has 0 amide bonds. The highest BCUT2D eigenvalue weighted by Crippen LogP contribution is 2.29. The van der Waals surface area contributed by atoms with Crippen LogP contribution in [0.5, 0.6) is 0 Å². The molecule has 2 aromatic rings. The van der Waals surface area contributed by atoms with Crippen LogP contribution < -0.4 is 5.32 Å². The summed E-state index contributed by atoms with van der Waals surface area (Å²) in [5.74, 6) is 0.662. The molecule has 0 radical (unpaired) electrons. The van der Waals surface area contributed by atoms with E-state index in [1.807, 2.05) is 6.07 Å². The minimum atomic E-state index is -4.41. The minimum Gasteiger partial charge on any atom is -0.364 e. The molecule has 1 fully saturated rings. The van der Waals surface area contributed by atoms with Gasteiger partial charge in [-0.25, -0.2) is 4.98 Å². The maximum Gasteiger partial charge on any atom is 0.434 e. The topological polar surface area (TPSA) is 69.8 Å². The first-order valence-electron chi connectivity index (χ1n) is 8.04. The zero-order chi connectivity index (χ0) is 18.6. The molecular formula is C15H20F3IN6OS. The lowest BCUT2D eigenvalue weighted by molar-refractivity contribution is -0.140. The molecule has 0 bridgehead atoms. The number of hydrogen-bond acceptors (Lipinski definition) is 6. The molecule has 1 N–H and O–H groups in total. The molecule has 0 atom stereocenters. The molecule has 0 spiro atoms. The number of aromatic nitrogens is 2. The number of nitrogens with one attached hydrogen (secondary N) is 1. The van der Waals surface area contributed by atoms with Crippen LogP contribution in [0.25, 0.3) is 0 Å². The summed E-state index contributed by atoms with van der Waals surface area (Å²) in [6.07, 6.45) is -2.85. The first-order valence-corrected chi connectivity index (χ1v) is 8.92. The van der Waals surface area contributed by atoms with Gasteiger partial charge in [-0.15, -0.1) is 35.3 Å². The zero-order valence-electron chi connectivity index (χ0n) is 14.6. The molecule has 0 aromatic carbocycles. The van der Waals surface area contributed by atoms with Gasteiger partial charge in [0, 0.05) is 51.2 Å². The van der Waals surface area contributed by atoms with Crippen LogP contribution in [0.3, 0.4) is 0 Å². The fourth-order valence-corrected chi connectivity index (χ4v) is 3.42. The van der Waals surface area contributed by atoms with E-state index in [4.69, 9.17) is 4.52 Å². The first kappa shape index (κ1) is 21.9. The average Bonchev–Trinajstić information content (AvgIpc) is 3.28. The molecular weight excluding hydrogens is 496 g/mol. The van der Waals surface area contributed by atoms with Crippen LogP contribution in [0.2, 0.25) is 0 Å². The van der Waals surface area contributed by atoms with Crippen molar-refractivity contribution in [1.82, 2.24) is 25.3 Å². The fourth-order valence-electron chi connectivity index (χ4n) is 2.68. The van der Waals surface area contributed by atoms with Crippen molar-refractivity contribution in [3.63, 3.8) is 0 Å². The number of alkyl halides is 3. The van der Waals surface area contributed by atoms with Crippen LogP contribution in [-0.2, 0) is 19.3 Å². The summed E-state index contributed by atoms with van der Waals surface area (Å²) < 4.78 is 42.7. The second kappa shape index (κ2) is 9.68. The molecule has 0 aliphatic carbocycles. The highest BCUT2D eigenvalue weighted by atomic mass is 127. The monoisotopic (exact) mass is 516 g/mol. The maximum absolute atomic E-state index is 12.6. The van der Waals surface area contributed by atoms with Gasteiger partial charge in [0.15, 0.2) is 11.7 Å². The third kappa shape index (κ3) is 6.04. The van der Waals surface area contributed by atoms with Crippen molar-refractivity contribution in [2.75, 3.05) is 33.2 Å². The zero-order valence-corrected chi connectivity index (χ0v) is 17.7. The Morgan fingerprint density at radius 1 is 1.33 bits per heavy atom. The molecule has 1 aliphatic heterocycles. The first-order chi connectivity index (χ1) is 12.5. The van der Waals surface area contributed by atoms with Crippen molar-refractivity contribution in [3.8, 4) is 0 Å². The molecule has 27 heavy (non-hydrogen) atoms. The van der Waals surface area contributed by atoms with Gasteiger partial charge in [0.05, 0.1) is 12.2 Å².